The van der Waals surface area contributed by atoms with E-state index in [9.17, 15) is 18.9 Å². The first-order chi connectivity index (χ1) is 14.2. The molecule has 0 unspecified atom stereocenters. The van der Waals surface area contributed by atoms with Gasteiger partial charge in [0, 0.05) is 0 Å². The second-order valence-electron chi connectivity index (χ2n) is 9.08. The maximum Gasteiger partial charge on any atom is 0.380 e. The SMILES string of the molecule is CCc1cc2c(cc1OS(N)(=O)=O)CC[C@@H]1[C@@H]2CC[C@]2(C)C(=C(C#N)C#N)CC[C@@H]12. The van der Waals surface area contributed by atoms with E-state index in [1.54, 1.807) is 0 Å². The number of nitrogens with two attached hydrogens (primary N) is 1. The Morgan fingerprint density at radius 3 is 2.60 bits per heavy atom. The molecule has 0 aliphatic heterocycles. The number of rotatable bonds is 3. The molecular formula is C23H27N3O3S. The molecule has 30 heavy (non-hydrogen) atoms. The molecule has 158 valence electrons. The summed E-state index contributed by atoms with van der Waals surface area (Å²) in [7, 11) is -4.06. The fourth-order valence-corrected chi connectivity index (χ4v) is 6.91. The van der Waals surface area contributed by atoms with E-state index in [0.717, 1.165) is 55.2 Å². The van der Waals surface area contributed by atoms with Crippen molar-refractivity contribution in [3.05, 3.63) is 40.0 Å². The highest BCUT2D eigenvalue weighted by molar-refractivity contribution is 7.84. The molecule has 1 aromatic rings. The highest BCUT2D eigenvalue weighted by Crippen LogP contribution is 2.63. The van der Waals surface area contributed by atoms with Gasteiger partial charge in [-0.15, -0.1) is 0 Å². The van der Waals surface area contributed by atoms with Gasteiger partial charge in [0.15, 0.2) is 0 Å². The molecule has 0 saturated heterocycles. The fourth-order valence-electron chi connectivity index (χ4n) is 6.51. The summed E-state index contributed by atoms with van der Waals surface area (Å²) in [6, 6.07) is 8.24. The lowest BCUT2D eigenvalue weighted by molar-refractivity contribution is 0.0811. The van der Waals surface area contributed by atoms with Crippen molar-refractivity contribution in [2.75, 3.05) is 0 Å². The Bertz CT molecular complexity index is 1090. The summed E-state index contributed by atoms with van der Waals surface area (Å²) in [5.41, 5.74) is 4.63. The lowest BCUT2D eigenvalue weighted by Gasteiger charge is -2.49. The summed E-state index contributed by atoms with van der Waals surface area (Å²) in [6.07, 6.45) is 6.42. The van der Waals surface area contributed by atoms with Gasteiger partial charge in [-0.2, -0.15) is 24.1 Å². The summed E-state index contributed by atoms with van der Waals surface area (Å²) >= 11 is 0. The average Bonchev–Trinajstić information content (AvgIpc) is 3.04. The van der Waals surface area contributed by atoms with Gasteiger partial charge in [0.25, 0.3) is 0 Å². The van der Waals surface area contributed by atoms with Crippen molar-refractivity contribution in [2.24, 2.45) is 22.4 Å². The van der Waals surface area contributed by atoms with Crippen molar-refractivity contribution in [2.45, 2.75) is 64.7 Å². The van der Waals surface area contributed by atoms with E-state index in [0.29, 0.717) is 35.5 Å². The molecule has 0 amide bonds. The molecule has 0 heterocycles. The highest BCUT2D eigenvalue weighted by Gasteiger charge is 2.53. The van der Waals surface area contributed by atoms with E-state index in [1.807, 2.05) is 13.0 Å². The van der Waals surface area contributed by atoms with Crippen molar-refractivity contribution in [3.63, 3.8) is 0 Å². The largest absolute Gasteiger partial charge is 0.380 e. The highest BCUT2D eigenvalue weighted by atomic mass is 32.2. The Morgan fingerprint density at radius 2 is 1.97 bits per heavy atom. The summed E-state index contributed by atoms with van der Waals surface area (Å²) in [4.78, 5) is 0. The third-order valence-corrected chi connectivity index (χ3v) is 8.21. The molecule has 0 spiro atoms. The molecule has 3 aliphatic rings. The second kappa shape index (κ2) is 7.41. The summed E-state index contributed by atoms with van der Waals surface area (Å²) in [5, 5.41) is 24.0. The number of nitriles is 2. The summed E-state index contributed by atoms with van der Waals surface area (Å²) in [6.45, 7) is 4.23. The smallest absolute Gasteiger partial charge is 0.371 e. The van der Waals surface area contributed by atoms with E-state index in [1.165, 1.54) is 5.56 Å². The van der Waals surface area contributed by atoms with E-state index in [-0.39, 0.29) is 5.41 Å². The predicted molar refractivity (Wildman–Crippen MR) is 112 cm³/mol. The molecule has 2 fully saturated rings. The third-order valence-electron chi connectivity index (χ3n) is 7.80. The van der Waals surface area contributed by atoms with Crippen LogP contribution < -0.4 is 9.32 Å². The molecule has 4 atom stereocenters. The topological polar surface area (TPSA) is 117 Å². The van der Waals surface area contributed by atoms with Crippen molar-refractivity contribution in [1.82, 2.24) is 0 Å². The van der Waals surface area contributed by atoms with Gasteiger partial charge in [-0.25, -0.2) is 0 Å². The van der Waals surface area contributed by atoms with E-state index in [4.69, 9.17) is 9.32 Å². The van der Waals surface area contributed by atoms with E-state index in [2.05, 4.69) is 25.1 Å². The zero-order chi connectivity index (χ0) is 21.7. The number of hydrogen-bond donors (Lipinski definition) is 1. The van der Waals surface area contributed by atoms with Crippen LogP contribution in [0.15, 0.2) is 23.3 Å². The van der Waals surface area contributed by atoms with Crippen LogP contribution in [0.4, 0.5) is 0 Å². The van der Waals surface area contributed by atoms with Crippen LogP contribution in [0.5, 0.6) is 5.75 Å². The zero-order valence-corrected chi connectivity index (χ0v) is 18.3. The van der Waals surface area contributed by atoms with Gasteiger partial charge in [0.2, 0.25) is 0 Å². The molecule has 4 rings (SSSR count). The number of benzene rings is 1. The number of hydrogen-bond acceptors (Lipinski definition) is 5. The van der Waals surface area contributed by atoms with Crippen LogP contribution in [0.1, 0.15) is 68.6 Å². The van der Waals surface area contributed by atoms with Gasteiger partial charge in [0.05, 0.1) is 0 Å². The maximum atomic E-state index is 11.5. The quantitative estimate of drug-likeness (QED) is 0.734. The van der Waals surface area contributed by atoms with E-state index < -0.39 is 10.3 Å². The third kappa shape index (κ3) is 3.31. The lowest BCUT2D eigenvalue weighted by atomic mass is 9.55. The van der Waals surface area contributed by atoms with Crippen LogP contribution in [0, 0.1) is 39.9 Å². The van der Waals surface area contributed by atoms with Gasteiger partial charge < -0.3 is 4.18 Å². The number of nitrogens with zero attached hydrogens (tertiary/aromatic N) is 2. The van der Waals surface area contributed by atoms with Gasteiger partial charge in [-0.1, -0.05) is 19.9 Å². The van der Waals surface area contributed by atoms with Gasteiger partial charge in [-0.05, 0) is 96.4 Å². The standard InChI is InChI=1S/C23H27N3O3S/c1-3-14-10-19-15(11-22(14)29-30(26,27)28)4-5-18-17(19)8-9-23(2)20(6-7-21(18)23)16(12-24)13-25/h10-11,17-18,21H,3-9H2,1-2H3,(H2,26,27,28)/t17-,18+,21-,23+/m0/s1. The predicted octanol–water partition coefficient (Wildman–Crippen LogP) is 4.03. The fraction of sp³-hybridized carbons (Fsp3) is 0.565. The minimum absolute atomic E-state index is 0.0657. The van der Waals surface area contributed by atoms with Crippen molar-refractivity contribution < 1.29 is 12.6 Å². The Kier molecular flexibility index (Phi) is 5.16. The molecule has 0 bridgehead atoms. The molecule has 0 radical (unpaired) electrons. The van der Waals surface area contributed by atoms with Crippen LogP contribution in [0.25, 0.3) is 0 Å². The van der Waals surface area contributed by atoms with Gasteiger partial charge in [0.1, 0.15) is 23.5 Å². The zero-order valence-electron chi connectivity index (χ0n) is 17.4. The number of allylic oxidation sites excluding steroid dienone is 2. The van der Waals surface area contributed by atoms with Crippen LogP contribution >= 0.6 is 0 Å². The second-order valence-corrected chi connectivity index (χ2v) is 10.2. The molecular weight excluding hydrogens is 398 g/mol. The first kappa shape index (κ1) is 20.9. The van der Waals surface area contributed by atoms with Crippen molar-refractivity contribution in [3.8, 4) is 17.9 Å². The van der Waals surface area contributed by atoms with Crippen molar-refractivity contribution >= 4 is 10.3 Å². The minimum atomic E-state index is -4.06. The Morgan fingerprint density at radius 1 is 1.23 bits per heavy atom. The van der Waals surface area contributed by atoms with Crippen molar-refractivity contribution in [1.29, 1.82) is 10.5 Å². The molecule has 2 N–H and O–H groups in total. The maximum absolute atomic E-state index is 11.5. The molecule has 1 aromatic carbocycles. The van der Waals surface area contributed by atoms with Crippen LogP contribution in [0.2, 0.25) is 0 Å². The van der Waals surface area contributed by atoms with Gasteiger partial charge in [-0.3, -0.25) is 0 Å². The molecule has 2 saturated carbocycles. The Balaban J connectivity index is 1.71. The average molecular weight is 426 g/mol. The summed E-state index contributed by atoms with van der Waals surface area (Å²) < 4.78 is 28.0. The molecule has 3 aliphatic carbocycles. The van der Waals surface area contributed by atoms with Crippen LogP contribution in [0.3, 0.4) is 0 Å². The number of aryl methyl sites for hydroxylation is 2. The first-order valence-electron chi connectivity index (χ1n) is 10.6. The molecule has 7 heteroatoms. The lowest BCUT2D eigenvalue weighted by Crippen LogP contribution is -2.40. The van der Waals surface area contributed by atoms with Crippen LogP contribution in [-0.4, -0.2) is 8.42 Å². The minimum Gasteiger partial charge on any atom is -0.371 e. The van der Waals surface area contributed by atoms with E-state index >= 15 is 0 Å². The van der Waals surface area contributed by atoms with Crippen LogP contribution in [-0.2, 0) is 23.1 Å². The normalized spacial score (nSPS) is 29.8. The molecule has 6 nitrogen and oxygen atoms in total. The Labute approximate surface area is 178 Å². The molecule has 0 aromatic heterocycles. The van der Waals surface area contributed by atoms with Gasteiger partial charge >= 0.3 is 10.3 Å². The first-order valence-corrected chi connectivity index (χ1v) is 12.1. The summed E-state index contributed by atoms with van der Waals surface area (Å²) in [5.74, 6) is 1.76. The number of fused-ring (bicyclic) bond motifs is 5. The Hall–Kier alpha value is -2.35. The monoisotopic (exact) mass is 425 g/mol.